The van der Waals surface area contributed by atoms with Crippen LogP contribution in [0.5, 0.6) is 0 Å². The number of aromatic nitrogens is 3. The minimum absolute atomic E-state index is 0.271. The lowest BCUT2D eigenvalue weighted by Crippen LogP contribution is -2.26. The van der Waals surface area contributed by atoms with Crippen LogP contribution in [-0.2, 0) is 19.4 Å². The van der Waals surface area contributed by atoms with Crippen LogP contribution in [0.25, 0.3) is 0 Å². The molecule has 2 rings (SSSR count). The molecule has 0 amide bonds. The molecular formula is C17H26N4. The highest BCUT2D eigenvalue weighted by Gasteiger charge is 2.18. The van der Waals surface area contributed by atoms with Crippen LogP contribution < -0.4 is 5.32 Å². The number of aryl methyl sites for hydroxylation is 2. The van der Waals surface area contributed by atoms with Crippen LogP contribution in [0.1, 0.15) is 50.3 Å². The monoisotopic (exact) mass is 286 g/mol. The van der Waals surface area contributed by atoms with E-state index >= 15 is 0 Å². The second kappa shape index (κ2) is 7.93. The molecule has 4 heteroatoms. The molecule has 2 aromatic heterocycles. The molecular weight excluding hydrogens is 260 g/mol. The average Bonchev–Trinajstić information content (AvgIpc) is 2.95. The van der Waals surface area contributed by atoms with Gasteiger partial charge in [-0.15, -0.1) is 0 Å². The molecule has 0 radical (unpaired) electrons. The normalized spacial score (nSPS) is 12.5. The van der Waals surface area contributed by atoms with E-state index in [1.807, 2.05) is 18.3 Å². The van der Waals surface area contributed by atoms with Gasteiger partial charge in [-0.1, -0.05) is 19.9 Å². The van der Waals surface area contributed by atoms with E-state index in [2.05, 4.69) is 53.0 Å². The zero-order valence-corrected chi connectivity index (χ0v) is 13.3. The maximum atomic E-state index is 4.67. The molecule has 0 aromatic carbocycles. The van der Waals surface area contributed by atoms with Crippen molar-refractivity contribution in [3.05, 3.63) is 47.5 Å². The van der Waals surface area contributed by atoms with E-state index in [4.69, 9.17) is 0 Å². The van der Waals surface area contributed by atoms with Gasteiger partial charge in [-0.3, -0.25) is 9.67 Å². The smallest absolute Gasteiger partial charge is 0.0625 e. The van der Waals surface area contributed by atoms with Crippen molar-refractivity contribution in [3.8, 4) is 0 Å². The number of rotatable bonds is 8. The van der Waals surface area contributed by atoms with Crippen molar-refractivity contribution in [2.45, 2.75) is 52.6 Å². The van der Waals surface area contributed by atoms with Gasteiger partial charge in [-0.05, 0) is 44.5 Å². The zero-order chi connectivity index (χ0) is 15.1. The fourth-order valence-electron chi connectivity index (χ4n) is 2.52. The van der Waals surface area contributed by atoms with E-state index in [1.165, 1.54) is 5.69 Å². The van der Waals surface area contributed by atoms with Crippen LogP contribution in [-0.4, -0.2) is 21.3 Å². The molecule has 2 heterocycles. The van der Waals surface area contributed by atoms with Gasteiger partial charge >= 0.3 is 0 Å². The lowest BCUT2D eigenvalue weighted by Gasteiger charge is -2.19. The molecule has 2 aromatic rings. The highest BCUT2D eigenvalue weighted by molar-refractivity contribution is 5.17. The predicted octanol–water partition coefficient (Wildman–Crippen LogP) is 3.14. The number of nitrogens with zero attached hydrogens (tertiary/aromatic N) is 3. The number of pyridine rings is 1. The quantitative estimate of drug-likeness (QED) is 0.810. The molecule has 0 aliphatic heterocycles. The summed E-state index contributed by atoms with van der Waals surface area (Å²) in [6.07, 6.45) is 4.86. The Labute approximate surface area is 127 Å². The van der Waals surface area contributed by atoms with Gasteiger partial charge in [-0.2, -0.15) is 5.10 Å². The molecule has 0 bridgehead atoms. The summed E-state index contributed by atoms with van der Waals surface area (Å²) in [5, 5.41) is 8.32. The summed E-state index contributed by atoms with van der Waals surface area (Å²) >= 11 is 0. The molecule has 0 saturated heterocycles. The summed E-state index contributed by atoms with van der Waals surface area (Å²) in [5.74, 6) is 0. The Bertz CT molecular complexity index is 533. The first-order valence-corrected chi connectivity index (χ1v) is 7.98. The molecule has 4 nitrogen and oxygen atoms in total. The minimum atomic E-state index is 0.271. The average molecular weight is 286 g/mol. The Balaban J connectivity index is 2.24. The van der Waals surface area contributed by atoms with Gasteiger partial charge in [0.1, 0.15) is 0 Å². The van der Waals surface area contributed by atoms with Gasteiger partial charge in [0.25, 0.3) is 0 Å². The Morgan fingerprint density at radius 1 is 1.19 bits per heavy atom. The van der Waals surface area contributed by atoms with Crippen LogP contribution in [0, 0.1) is 0 Å². The van der Waals surface area contributed by atoms with Gasteiger partial charge in [0.05, 0.1) is 17.4 Å². The lowest BCUT2D eigenvalue weighted by molar-refractivity contribution is 0.475. The van der Waals surface area contributed by atoms with Crippen molar-refractivity contribution < 1.29 is 0 Å². The van der Waals surface area contributed by atoms with Crippen molar-refractivity contribution in [2.24, 2.45) is 0 Å². The standard InChI is InChI=1S/C17H26N4/c1-4-10-19-16(12-15-9-7-8-11-18-15)17-13-14(5-2)20-21(17)6-3/h7-9,11,13,16,19H,4-6,10,12H2,1-3H3. The molecule has 0 fully saturated rings. The maximum absolute atomic E-state index is 4.67. The first kappa shape index (κ1) is 15.7. The summed E-state index contributed by atoms with van der Waals surface area (Å²) in [6.45, 7) is 8.40. The van der Waals surface area contributed by atoms with Gasteiger partial charge in [-0.25, -0.2) is 0 Å². The van der Waals surface area contributed by atoms with Gasteiger partial charge < -0.3 is 5.32 Å². The first-order chi connectivity index (χ1) is 10.3. The third kappa shape index (κ3) is 4.14. The second-order valence-corrected chi connectivity index (χ2v) is 5.26. The highest BCUT2D eigenvalue weighted by Crippen LogP contribution is 2.19. The van der Waals surface area contributed by atoms with Crippen LogP contribution in [0.15, 0.2) is 30.5 Å². The fraction of sp³-hybridized carbons (Fsp3) is 0.529. The van der Waals surface area contributed by atoms with Crippen molar-refractivity contribution in [3.63, 3.8) is 0 Å². The first-order valence-electron chi connectivity index (χ1n) is 7.98. The Morgan fingerprint density at radius 2 is 2.05 bits per heavy atom. The van der Waals surface area contributed by atoms with Gasteiger partial charge in [0, 0.05) is 24.9 Å². The third-order valence-electron chi connectivity index (χ3n) is 3.66. The van der Waals surface area contributed by atoms with E-state index in [0.717, 1.165) is 43.7 Å². The van der Waals surface area contributed by atoms with Gasteiger partial charge in [0.2, 0.25) is 0 Å². The van der Waals surface area contributed by atoms with E-state index in [0.29, 0.717) is 0 Å². The largest absolute Gasteiger partial charge is 0.308 e. The molecule has 114 valence electrons. The molecule has 0 spiro atoms. The van der Waals surface area contributed by atoms with Crippen molar-refractivity contribution >= 4 is 0 Å². The molecule has 0 aliphatic carbocycles. The van der Waals surface area contributed by atoms with Crippen molar-refractivity contribution in [1.82, 2.24) is 20.1 Å². The SMILES string of the molecule is CCCNC(Cc1ccccn1)c1cc(CC)nn1CC. The second-order valence-electron chi connectivity index (χ2n) is 5.26. The molecule has 1 N–H and O–H groups in total. The number of hydrogen-bond acceptors (Lipinski definition) is 3. The summed E-state index contributed by atoms with van der Waals surface area (Å²) < 4.78 is 2.12. The summed E-state index contributed by atoms with van der Waals surface area (Å²) in [5.41, 5.74) is 3.55. The highest BCUT2D eigenvalue weighted by atomic mass is 15.3. The Kier molecular flexibility index (Phi) is 5.93. The number of hydrogen-bond donors (Lipinski definition) is 1. The third-order valence-corrected chi connectivity index (χ3v) is 3.66. The Morgan fingerprint density at radius 3 is 2.67 bits per heavy atom. The molecule has 0 saturated carbocycles. The van der Waals surface area contributed by atoms with Crippen molar-refractivity contribution in [2.75, 3.05) is 6.54 Å². The Hall–Kier alpha value is -1.68. The molecule has 1 atom stereocenters. The summed E-state index contributed by atoms with van der Waals surface area (Å²) in [6, 6.07) is 8.61. The number of nitrogens with one attached hydrogen (secondary N) is 1. The van der Waals surface area contributed by atoms with Crippen LogP contribution in [0.3, 0.4) is 0 Å². The van der Waals surface area contributed by atoms with E-state index in [1.54, 1.807) is 0 Å². The van der Waals surface area contributed by atoms with Gasteiger partial charge in [0.15, 0.2) is 0 Å². The van der Waals surface area contributed by atoms with Crippen LogP contribution in [0.2, 0.25) is 0 Å². The van der Waals surface area contributed by atoms with E-state index in [-0.39, 0.29) is 6.04 Å². The summed E-state index contributed by atoms with van der Waals surface area (Å²) in [4.78, 5) is 4.46. The predicted molar refractivity (Wildman–Crippen MR) is 86.3 cm³/mol. The van der Waals surface area contributed by atoms with E-state index < -0.39 is 0 Å². The molecule has 21 heavy (non-hydrogen) atoms. The van der Waals surface area contributed by atoms with Crippen LogP contribution in [0.4, 0.5) is 0 Å². The zero-order valence-electron chi connectivity index (χ0n) is 13.3. The molecule has 1 unspecified atom stereocenters. The molecule has 0 aliphatic rings. The summed E-state index contributed by atoms with van der Waals surface area (Å²) in [7, 11) is 0. The topological polar surface area (TPSA) is 42.7 Å². The van der Waals surface area contributed by atoms with Crippen LogP contribution >= 0.6 is 0 Å². The van der Waals surface area contributed by atoms with E-state index in [9.17, 15) is 0 Å². The lowest BCUT2D eigenvalue weighted by atomic mass is 10.1. The van der Waals surface area contributed by atoms with Crippen molar-refractivity contribution in [1.29, 1.82) is 0 Å². The maximum Gasteiger partial charge on any atom is 0.0625 e. The fourth-order valence-corrected chi connectivity index (χ4v) is 2.52. The minimum Gasteiger partial charge on any atom is -0.308 e.